The first kappa shape index (κ1) is 22.7. The van der Waals surface area contributed by atoms with Crippen molar-refractivity contribution in [3.8, 4) is 22.8 Å². The summed E-state index contributed by atoms with van der Waals surface area (Å²) in [4.78, 5) is 12.8. The quantitative estimate of drug-likeness (QED) is 0.475. The molecular weight excluding hydrogens is 429 g/mol. The fourth-order valence-corrected chi connectivity index (χ4v) is 3.71. The van der Waals surface area contributed by atoms with Crippen LogP contribution in [0.1, 0.15) is 6.92 Å². The maximum absolute atomic E-state index is 12.6. The van der Waals surface area contributed by atoms with Crippen LogP contribution in [0, 0.1) is 0 Å². The van der Waals surface area contributed by atoms with Gasteiger partial charge in [0.1, 0.15) is 12.3 Å². The van der Waals surface area contributed by atoms with Crippen molar-refractivity contribution >= 4 is 17.7 Å². The third-order valence-electron chi connectivity index (χ3n) is 4.24. The molecule has 0 spiro atoms. The molecule has 164 valence electrons. The van der Waals surface area contributed by atoms with Crippen LogP contribution >= 0.6 is 11.8 Å². The molecule has 6 nitrogen and oxygen atoms in total. The van der Waals surface area contributed by atoms with E-state index in [4.69, 9.17) is 4.74 Å². The molecule has 1 heterocycles. The summed E-state index contributed by atoms with van der Waals surface area (Å²) in [5.41, 5.74) is 1.56. The fraction of sp³-hybridized carbons (Fsp3) is 0.286. The SMILES string of the molecule is CCOc1ccc(-n2c(SCC(=O)N(C)CC(F)(F)F)nnc2-c2ccccc2)cc1. The zero-order valence-corrected chi connectivity index (χ0v) is 17.8. The van der Waals surface area contributed by atoms with Crippen LogP contribution in [0.25, 0.3) is 17.1 Å². The minimum absolute atomic E-state index is 0.198. The fourth-order valence-electron chi connectivity index (χ4n) is 2.82. The molecule has 2 aromatic carbocycles. The molecule has 0 saturated carbocycles. The van der Waals surface area contributed by atoms with Crippen molar-refractivity contribution in [1.29, 1.82) is 0 Å². The minimum Gasteiger partial charge on any atom is -0.494 e. The summed E-state index contributed by atoms with van der Waals surface area (Å²) in [7, 11) is 1.13. The molecule has 0 fully saturated rings. The molecule has 0 saturated heterocycles. The highest BCUT2D eigenvalue weighted by atomic mass is 32.2. The highest BCUT2D eigenvalue weighted by molar-refractivity contribution is 7.99. The number of nitrogens with zero attached hydrogens (tertiary/aromatic N) is 4. The number of carbonyl (C=O) groups excluding carboxylic acids is 1. The predicted molar refractivity (Wildman–Crippen MR) is 112 cm³/mol. The summed E-state index contributed by atoms with van der Waals surface area (Å²) in [5.74, 6) is 0.420. The van der Waals surface area contributed by atoms with Crippen molar-refractivity contribution in [1.82, 2.24) is 19.7 Å². The van der Waals surface area contributed by atoms with Crippen molar-refractivity contribution in [2.45, 2.75) is 18.3 Å². The van der Waals surface area contributed by atoms with Gasteiger partial charge in [0.05, 0.1) is 12.4 Å². The number of ether oxygens (including phenoxy) is 1. The van der Waals surface area contributed by atoms with Gasteiger partial charge in [0.2, 0.25) is 5.91 Å². The summed E-state index contributed by atoms with van der Waals surface area (Å²) in [6.45, 7) is 1.13. The second-order valence-corrected chi connectivity index (χ2v) is 7.53. The van der Waals surface area contributed by atoms with E-state index in [1.54, 1.807) is 4.57 Å². The summed E-state index contributed by atoms with van der Waals surface area (Å²) in [6.07, 6.45) is -4.45. The number of carbonyl (C=O) groups is 1. The number of alkyl halides is 3. The zero-order chi connectivity index (χ0) is 22.4. The van der Waals surface area contributed by atoms with Gasteiger partial charge in [0.15, 0.2) is 11.0 Å². The molecular formula is C21H21F3N4O2S. The Bertz CT molecular complexity index is 1010. The Morgan fingerprint density at radius 2 is 1.77 bits per heavy atom. The van der Waals surface area contributed by atoms with Crippen molar-refractivity contribution in [2.24, 2.45) is 0 Å². The van der Waals surface area contributed by atoms with E-state index in [0.29, 0.717) is 28.2 Å². The largest absolute Gasteiger partial charge is 0.494 e. The molecule has 0 N–H and O–H groups in total. The van der Waals surface area contributed by atoms with Crippen LogP contribution in [-0.4, -0.2) is 57.7 Å². The van der Waals surface area contributed by atoms with E-state index < -0.39 is 18.6 Å². The number of halogens is 3. The lowest BCUT2D eigenvalue weighted by Gasteiger charge is -2.18. The van der Waals surface area contributed by atoms with Gasteiger partial charge in [0, 0.05) is 18.3 Å². The summed E-state index contributed by atoms with van der Waals surface area (Å²) in [5, 5.41) is 8.84. The molecule has 10 heteroatoms. The summed E-state index contributed by atoms with van der Waals surface area (Å²) < 4.78 is 44.9. The van der Waals surface area contributed by atoms with Gasteiger partial charge in [-0.05, 0) is 31.2 Å². The van der Waals surface area contributed by atoms with E-state index in [1.807, 2.05) is 61.5 Å². The number of hydrogen-bond donors (Lipinski definition) is 0. The number of hydrogen-bond acceptors (Lipinski definition) is 5. The van der Waals surface area contributed by atoms with Crippen LogP contribution < -0.4 is 4.74 Å². The number of benzene rings is 2. The average molecular weight is 450 g/mol. The predicted octanol–water partition coefficient (Wildman–Crippen LogP) is 4.45. The van der Waals surface area contributed by atoms with Gasteiger partial charge in [-0.1, -0.05) is 42.1 Å². The van der Waals surface area contributed by atoms with Gasteiger partial charge >= 0.3 is 6.18 Å². The molecule has 1 amide bonds. The molecule has 0 aliphatic rings. The van der Waals surface area contributed by atoms with Gasteiger partial charge in [-0.2, -0.15) is 13.2 Å². The topological polar surface area (TPSA) is 60.2 Å². The Morgan fingerprint density at radius 1 is 1.10 bits per heavy atom. The smallest absolute Gasteiger partial charge is 0.406 e. The molecule has 3 rings (SSSR count). The van der Waals surface area contributed by atoms with Crippen molar-refractivity contribution in [2.75, 3.05) is 26.0 Å². The first-order chi connectivity index (χ1) is 14.8. The molecule has 0 radical (unpaired) electrons. The first-order valence-corrected chi connectivity index (χ1v) is 10.4. The van der Waals surface area contributed by atoms with Crippen molar-refractivity contribution < 1.29 is 22.7 Å². The molecule has 0 unspecified atom stereocenters. The van der Waals surface area contributed by atoms with Crippen LogP contribution in [-0.2, 0) is 4.79 Å². The van der Waals surface area contributed by atoms with Crippen molar-refractivity contribution in [3.63, 3.8) is 0 Å². The molecule has 0 aliphatic carbocycles. The second-order valence-electron chi connectivity index (χ2n) is 6.59. The van der Waals surface area contributed by atoms with E-state index in [-0.39, 0.29) is 5.75 Å². The molecule has 31 heavy (non-hydrogen) atoms. The Morgan fingerprint density at radius 3 is 2.39 bits per heavy atom. The summed E-state index contributed by atoms with van der Waals surface area (Å²) in [6, 6.07) is 16.7. The normalized spacial score (nSPS) is 11.4. The van der Waals surface area contributed by atoms with E-state index >= 15 is 0 Å². The van der Waals surface area contributed by atoms with Gasteiger partial charge in [-0.25, -0.2) is 0 Å². The number of amides is 1. The van der Waals surface area contributed by atoms with Crippen LogP contribution in [0.3, 0.4) is 0 Å². The van der Waals surface area contributed by atoms with Gasteiger partial charge in [0.25, 0.3) is 0 Å². The maximum atomic E-state index is 12.6. The monoisotopic (exact) mass is 450 g/mol. The average Bonchev–Trinajstić information content (AvgIpc) is 3.16. The van der Waals surface area contributed by atoms with Gasteiger partial charge in [-0.15, -0.1) is 10.2 Å². The van der Waals surface area contributed by atoms with E-state index in [9.17, 15) is 18.0 Å². The Kier molecular flexibility index (Phi) is 7.21. The molecule has 1 aromatic heterocycles. The Labute approximate surface area is 182 Å². The van der Waals surface area contributed by atoms with Crippen LogP contribution in [0.15, 0.2) is 59.8 Å². The van der Waals surface area contributed by atoms with E-state index in [2.05, 4.69) is 10.2 Å². The number of aromatic nitrogens is 3. The Hall–Kier alpha value is -3.01. The highest BCUT2D eigenvalue weighted by Gasteiger charge is 2.31. The lowest BCUT2D eigenvalue weighted by Crippen LogP contribution is -2.36. The molecule has 0 atom stereocenters. The molecule has 3 aromatic rings. The minimum atomic E-state index is -4.45. The number of thioether (sulfide) groups is 1. The standard InChI is InChI=1S/C21H21F3N4O2S/c1-3-30-17-11-9-16(10-12-17)28-19(15-7-5-4-6-8-15)25-26-20(28)31-13-18(29)27(2)14-21(22,23)24/h4-12H,3,13-14H2,1-2H3. The Balaban J connectivity index is 1.88. The lowest BCUT2D eigenvalue weighted by atomic mass is 10.2. The van der Waals surface area contributed by atoms with E-state index in [0.717, 1.165) is 30.1 Å². The van der Waals surface area contributed by atoms with Gasteiger partial charge < -0.3 is 9.64 Å². The molecule has 0 bridgehead atoms. The summed E-state index contributed by atoms with van der Waals surface area (Å²) >= 11 is 1.03. The number of rotatable bonds is 8. The highest BCUT2D eigenvalue weighted by Crippen LogP contribution is 2.29. The van der Waals surface area contributed by atoms with Crippen LogP contribution in [0.5, 0.6) is 5.75 Å². The molecule has 0 aliphatic heterocycles. The van der Waals surface area contributed by atoms with Crippen LogP contribution in [0.4, 0.5) is 13.2 Å². The van der Waals surface area contributed by atoms with E-state index in [1.165, 1.54) is 0 Å². The second kappa shape index (κ2) is 9.86. The zero-order valence-electron chi connectivity index (χ0n) is 17.0. The van der Waals surface area contributed by atoms with Crippen LogP contribution in [0.2, 0.25) is 0 Å². The third-order valence-corrected chi connectivity index (χ3v) is 5.15. The van der Waals surface area contributed by atoms with Gasteiger partial charge in [-0.3, -0.25) is 9.36 Å². The lowest BCUT2D eigenvalue weighted by molar-refractivity contribution is -0.156. The first-order valence-electron chi connectivity index (χ1n) is 9.46. The third kappa shape index (κ3) is 6.00. The van der Waals surface area contributed by atoms with Crippen molar-refractivity contribution in [3.05, 3.63) is 54.6 Å². The maximum Gasteiger partial charge on any atom is 0.406 e.